The molecule has 2 aromatic carbocycles. The second kappa shape index (κ2) is 6.37. The largest absolute Gasteiger partial charge is 0.399 e. The van der Waals surface area contributed by atoms with Crippen molar-refractivity contribution in [3.8, 4) is 22.3 Å². The Balaban J connectivity index is 1.95. The number of thiophene rings is 1. The van der Waals surface area contributed by atoms with Crippen LogP contribution in [0.3, 0.4) is 0 Å². The fourth-order valence-corrected chi connectivity index (χ4v) is 4.83. The molecule has 0 amide bonds. The number of nitrogens with zero attached hydrogens (tertiary/aromatic N) is 1. The van der Waals surface area contributed by atoms with Crippen LogP contribution in [0.5, 0.6) is 0 Å². The third-order valence-electron chi connectivity index (χ3n) is 4.42. The molecule has 0 saturated carbocycles. The van der Waals surface area contributed by atoms with Gasteiger partial charge in [-0.2, -0.15) is 0 Å². The average molecular weight is 396 g/mol. The number of hydrogen-bond acceptors (Lipinski definition) is 6. The number of benzene rings is 2. The van der Waals surface area contributed by atoms with Crippen molar-refractivity contribution in [1.29, 1.82) is 0 Å². The molecule has 5 nitrogen and oxygen atoms in total. The number of hydrogen-bond donors (Lipinski definition) is 2. The van der Waals surface area contributed by atoms with Crippen molar-refractivity contribution in [2.45, 2.75) is 4.90 Å². The van der Waals surface area contributed by atoms with Crippen LogP contribution in [0.15, 0.2) is 65.0 Å². The summed E-state index contributed by atoms with van der Waals surface area (Å²) in [5.74, 6) is 0.445. The molecule has 2 aromatic heterocycles. The summed E-state index contributed by atoms with van der Waals surface area (Å²) in [6.07, 6.45) is 2.90. The molecule has 0 radical (unpaired) electrons. The van der Waals surface area contributed by atoms with Crippen molar-refractivity contribution in [1.82, 2.24) is 4.98 Å². The quantitative estimate of drug-likeness (QED) is 0.507. The van der Waals surface area contributed by atoms with Crippen LogP contribution in [0.2, 0.25) is 0 Å². The van der Waals surface area contributed by atoms with Crippen LogP contribution < -0.4 is 11.5 Å². The van der Waals surface area contributed by atoms with Gasteiger partial charge in [0.2, 0.25) is 0 Å². The van der Waals surface area contributed by atoms with Crippen molar-refractivity contribution in [2.75, 3.05) is 17.7 Å². The standard InChI is InChI=1S/C20H17N3O2S2/c1-27(24,25)15-4-2-3-13(9-15)16-10-23-20(22)18-17(11-26-19(16)18)12-5-7-14(21)8-6-12/h2-11H,21H2,1H3,(H2,22,23). The fourth-order valence-electron chi connectivity index (χ4n) is 3.04. The van der Waals surface area contributed by atoms with Crippen LogP contribution in [0.1, 0.15) is 0 Å². The second-order valence-corrected chi connectivity index (χ2v) is 9.23. The number of fused-ring (bicyclic) bond motifs is 1. The highest BCUT2D eigenvalue weighted by Crippen LogP contribution is 2.42. The highest BCUT2D eigenvalue weighted by Gasteiger charge is 2.16. The highest BCUT2D eigenvalue weighted by molar-refractivity contribution is 7.90. The van der Waals surface area contributed by atoms with Gasteiger partial charge in [-0.3, -0.25) is 0 Å². The molecule has 0 atom stereocenters. The van der Waals surface area contributed by atoms with Crippen LogP contribution in [0.4, 0.5) is 11.5 Å². The minimum Gasteiger partial charge on any atom is -0.399 e. The van der Waals surface area contributed by atoms with Gasteiger partial charge in [0.15, 0.2) is 9.84 Å². The topological polar surface area (TPSA) is 99.1 Å². The van der Waals surface area contributed by atoms with Gasteiger partial charge in [-0.1, -0.05) is 24.3 Å². The van der Waals surface area contributed by atoms with E-state index < -0.39 is 9.84 Å². The number of rotatable bonds is 3. The first-order valence-electron chi connectivity index (χ1n) is 8.16. The summed E-state index contributed by atoms with van der Waals surface area (Å²) < 4.78 is 24.8. The molecule has 0 bridgehead atoms. The van der Waals surface area contributed by atoms with Gasteiger partial charge < -0.3 is 11.5 Å². The van der Waals surface area contributed by atoms with E-state index >= 15 is 0 Å². The summed E-state index contributed by atoms with van der Waals surface area (Å²) >= 11 is 1.56. The Bertz CT molecular complexity index is 1260. The number of nitrogens with two attached hydrogens (primary N) is 2. The number of aromatic nitrogens is 1. The molecule has 4 aromatic rings. The van der Waals surface area contributed by atoms with Gasteiger partial charge in [0.05, 0.1) is 4.90 Å². The molecule has 0 fully saturated rings. The van der Waals surface area contributed by atoms with Gasteiger partial charge in [0, 0.05) is 39.4 Å². The normalized spacial score (nSPS) is 11.7. The molecule has 7 heteroatoms. The van der Waals surface area contributed by atoms with Crippen LogP contribution in [0, 0.1) is 0 Å². The fraction of sp³-hybridized carbons (Fsp3) is 0.0500. The van der Waals surface area contributed by atoms with Crippen LogP contribution in [-0.2, 0) is 9.84 Å². The lowest BCUT2D eigenvalue weighted by Gasteiger charge is -2.08. The van der Waals surface area contributed by atoms with E-state index in [1.54, 1.807) is 35.7 Å². The van der Waals surface area contributed by atoms with Crippen molar-refractivity contribution in [2.24, 2.45) is 0 Å². The maximum Gasteiger partial charge on any atom is 0.175 e. The number of sulfone groups is 1. The maximum atomic E-state index is 11.9. The zero-order valence-electron chi connectivity index (χ0n) is 14.5. The first kappa shape index (κ1) is 17.5. The SMILES string of the molecule is CS(=O)(=O)c1cccc(-c2cnc(N)c3c(-c4ccc(N)cc4)csc23)c1. The van der Waals surface area contributed by atoms with Crippen molar-refractivity contribution >= 4 is 42.8 Å². The van der Waals surface area contributed by atoms with Gasteiger partial charge >= 0.3 is 0 Å². The summed E-state index contributed by atoms with van der Waals surface area (Å²) in [5.41, 5.74) is 16.3. The molecule has 0 spiro atoms. The van der Waals surface area contributed by atoms with E-state index in [-0.39, 0.29) is 4.90 Å². The summed E-state index contributed by atoms with van der Waals surface area (Å²) in [7, 11) is -3.29. The molecule has 0 aliphatic heterocycles. The van der Waals surface area contributed by atoms with E-state index in [9.17, 15) is 8.42 Å². The second-order valence-electron chi connectivity index (χ2n) is 6.33. The predicted molar refractivity (Wildman–Crippen MR) is 112 cm³/mol. The summed E-state index contributed by atoms with van der Waals surface area (Å²) in [6.45, 7) is 0. The van der Waals surface area contributed by atoms with E-state index in [1.165, 1.54) is 6.26 Å². The molecular formula is C20H17N3O2S2. The summed E-state index contributed by atoms with van der Waals surface area (Å²) in [5, 5.41) is 2.91. The lowest BCUT2D eigenvalue weighted by Crippen LogP contribution is -1.97. The summed E-state index contributed by atoms with van der Waals surface area (Å²) in [6, 6.07) is 14.5. The Morgan fingerprint density at radius 3 is 2.41 bits per heavy atom. The van der Waals surface area contributed by atoms with Gasteiger partial charge in [-0.25, -0.2) is 13.4 Å². The summed E-state index contributed by atoms with van der Waals surface area (Å²) in [4.78, 5) is 4.64. The molecule has 2 heterocycles. The maximum absolute atomic E-state index is 11.9. The minimum absolute atomic E-state index is 0.278. The van der Waals surface area contributed by atoms with Crippen molar-refractivity contribution < 1.29 is 8.42 Å². The van der Waals surface area contributed by atoms with Crippen LogP contribution in [0.25, 0.3) is 32.3 Å². The number of pyridine rings is 1. The zero-order valence-corrected chi connectivity index (χ0v) is 16.1. The van der Waals surface area contributed by atoms with E-state index in [0.29, 0.717) is 11.5 Å². The lowest BCUT2D eigenvalue weighted by atomic mass is 10.0. The molecule has 136 valence electrons. The smallest absolute Gasteiger partial charge is 0.175 e. The molecule has 0 unspecified atom stereocenters. The Labute approximate surface area is 161 Å². The third-order valence-corrected chi connectivity index (χ3v) is 6.54. The van der Waals surface area contributed by atoms with Gasteiger partial charge in [-0.05, 0) is 40.8 Å². The zero-order chi connectivity index (χ0) is 19.2. The highest BCUT2D eigenvalue weighted by atomic mass is 32.2. The number of anilines is 2. The monoisotopic (exact) mass is 395 g/mol. The van der Waals surface area contributed by atoms with Crippen LogP contribution >= 0.6 is 11.3 Å². The molecule has 0 saturated heterocycles. The minimum atomic E-state index is -3.29. The Morgan fingerprint density at radius 2 is 1.70 bits per heavy atom. The molecular weight excluding hydrogens is 378 g/mol. The Morgan fingerprint density at radius 1 is 0.963 bits per heavy atom. The van der Waals surface area contributed by atoms with E-state index in [1.807, 2.05) is 35.7 Å². The van der Waals surface area contributed by atoms with Crippen molar-refractivity contribution in [3.05, 3.63) is 60.1 Å². The average Bonchev–Trinajstić information content (AvgIpc) is 3.08. The first-order valence-corrected chi connectivity index (χ1v) is 10.9. The Hall–Kier alpha value is -2.90. The Kier molecular flexibility index (Phi) is 4.13. The third kappa shape index (κ3) is 3.15. The predicted octanol–water partition coefficient (Wildman–Crippen LogP) is 4.20. The van der Waals surface area contributed by atoms with E-state index in [4.69, 9.17) is 11.5 Å². The molecule has 0 aliphatic rings. The number of nitrogen functional groups attached to an aromatic ring is 2. The molecule has 4 rings (SSSR count). The van der Waals surface area contributed by atoms with Crippen LogP contribution in [-0.4, -0.2) is 19.7 Å². The van der Waals surface area contributed by atoms with Gasteiger partial charge in [0.25, 0.3) is 0 Å². The lowest BCUT2D eigenvalue weighted by molar-refractivity contribution is 0.602. The van der Waals surface area contributed by atoms with Gasteiger partial charge in [-0.15, -0.1) is 11.3 Å². The molecule has 0 aliphatic carbocycles. The molecule has 4 N–H and O–H groups in total. The van der Waals surface area contributed by atoms with E-state index in [0.717, 1.165) is 32.3 Å². The van der Waals surface area contributed by atoms with Crippen molar-refractivity contribution in [3.63, 3.8) is 0 Å². The first-order chi connectivity index (χ1) is 12.8. The molecule has 27 heavy (non-hydrogen) atoms. The van der Waals surface area contributed by atoms with Gasteiger partial charge in [0.1, 0.15) is 5.82 Å². The van der Waals surface area contributed by atoms with E-state index in [2.05, 4.69) is 4.98 Å².